The van der Waals surface area contributed by atoms with Crippen LogP contribution in [0.15, 0.2) is 18.5 Å². The van der Waals surface area contributed by atoms with E-state index in [2.05, 4.69) is 9.97 Å². The second-order valence-electron chi connectivity index (χ2n) is 6.38. The average Bonchev–Trinajstić information content (AvgIpc) is 3.04. The number of ether oxygens (including phenoxy) is 1. The zero-order chi connectivity index (χ0) is 17.7. The molecule has 4 rings (SSSR count). The highest BCUT2D eigenvalue weighted by atomic mass is 32.1. The van der Waals surface area contributed by atoms with Gasteiger partial charge in [0.15, 0.2) is 0 Å². The van der Waals surface area contributed by atoms with E-state index in [-0.39, 0.29) is 35.3 Å². The van der Waals surface area contributed by atoms with Gasteiger partial charge in [0, 0.05) is 31.0 Å². The monoisotopic (exact) mass is 359 g/mol. The van der Waals surface area contributed by atoms with E-state index >= 15 is 0 Å². The van der Waals surface area contributed by atoms with E-state index < -0.39 is 6.10 Å². The molecule has 0 saturated carbocycles. The zero-order valence-corrected chi connectivity index (χ0v) is 14.6. The number of hydrogen-bond acceptors (Lipinski definition) is 7. The molecule has 2 aromatic rings. The zero-order valence-electron chi connectivity index (χ0n) is 13.8. The van der Waals surface area contributed by atoms with Crippen LogP contribution in [0.3, 0.4) is 0 Å². The molecule has 0 spiro atoms. The van der Waals surface area contributed by atoms with Gasteiger partial charge in [0.25, 0.3) is 5.91 Å². The summed E-state index contributed by atoms with van der Waals surface area (Å²) in [4.78, 5) is 36.1. The highest BCUT2D eigenvalue weighted by Crippen LogP contribution is 2.38. The minimum Gasteiger partial charge on any atom is -0.382 e. The highest BCUT2D eigenvalue weighted by Gasteiger charge is 2.36. The van der Waals surface area contributed by atoms with Crippen molar-refractivity contribution in [2.45, 2.75) is 32.2 Å². The van der Waals surface area contributed by atoms with Crippen molar-refractivity contribution < 1.29 is 19.4 Å². The first-order valence-electron chi connectivity index (χ1n) is 8.08. The van der Waals surface area contributed by atoms with Crippen molar-refractivity contribution in [2.75, 3.05) is 13.1 Å². The number of aliphatic hydroxyl groups excluding tert-OH is 1. The van der Waals surface area contributed by atoms with E-state index in [1.807, 2.05) is 13.8 Å². The fraction of sp³-hybridized carbons (Fsp3) is 0.412. The van der Waals surface area contributed by atoms with E-state index in [0.29, 0.717) is 28.4 Å². The van der Waals surface area contributed by atoms with Crippen molar-refractivity contribution in [3.8, 4) is 0 Å². The number of carbonyl (C=O) groups is 2. The molecule has 0 bridgehead atoms. The Bertz CT molecular complexity index is 855. The third kappa shape index (κ3) is 2.66. The normalized spacial score (nSPS) is 25.5. The molecule has 7 nitrogen and oxygen atoms in total. The smallest absolute Gasteiger partial charge is 0.264 e. The topological polar surface area (TPSA) is 92.6 Å². The highest BCUT2D eigenvalue weighted by molar-refractivity contribution is 7.16. The van der Waals surface area contributed by atoms with Crippen molar-refractivity contribution in [1.29, 1.82) is 0 Å². The quantitative estimate of drug-likeness (QED) is 0.828. The molecule has 3 atom stereocenters. The van der Waals surface area contributed by atoms with Gasteiger partial charge < -0.3 is 14.7 Å². The van der Waals surface area contributed by atoms with Crippen LogP contribution in [-0.4, -0.2) is 57.0 Å². The minimum absolute atomic E-state index is 0.0350. The van der Waals surface area contributed by atoms with Crippen molar-refractivity contribution in [3.05, 3.63) is 45.2 Å². The Morgan fingerprint density at radius 1 is 1.28 bits per heavy atom. The van der Waals surface area contributed by atoms with Crippen LogP contribution >= 0.6 is 11.3 Å². The molecule has 2 aliphatic rings. The van der Waals surface area contributed by atoms with Crippen LogP contribution in [0, 0.1) is 0 Å². The maximum Gasteiger partial charge on any atom is 0.264 e. The minimum atomic E-state index is -1.04. The number of morpholine rings is 1. The number of aromatic nitrogens is 2. The Labute approximate surface area is 148 Å². The number of fused-ring (bicyclic) bond motifs is 2. The van der Waals surface area contributed by atoms with Crippen molar-refractivity contribution in [2.24, 2.45) is 0 Å². The average molecular weight is 359 g/mol. The lowest BCUT2D eigenvalue weighted by Gasteiger charge is -2.35. The predicted octanol–water partition coefficient (Wildman–Crippen LogP) is 1.41. The fourth-order valence-corrected chi connectivity index (χ4v) is 4.47. The van der Waals surface area contributed by atoms with Crippen LogP contribution in [0.5, 0.6) is 0 Å². The summed E-state index contributed by atoms with van der Waals surface area (Å²) in [6, 6.07) is 1.60. The van der Waals surface area contributed by atoms with Gasteiger partial charge in [-0.15, -0.1) is 11.3 Å². The number of ketones is 1. The molecule has 1 fully saturated rings. The molecule has 1 saturated heterocycles. The van der Waals surface area contributed by atoms with Crippen LogP contribution in [0.25, 0.3) is 0 Å². The van der Waals surface area contributed by atoms with Crippen LogP contribution < -0.4 is 0 Å². The first kappa shape index (κ1) is 16.3. The van der Waals surface area contributed by atoms with E-state index in [1.54, 1.807) is 11.0 Å². The van der Waals surface area contributed by atoms with Gasteiger partial charge in [0.05, 0.1) is 22.0 Å². The fourth-order valence-electron chi connectivity index (χ4n) is 3.37. The third-order valence-corrected chi connectivity index (χ3v) is 5.52. The van der Waals surface area contributed by atoms with Gasteiger partial charge >= 0.3 is 0 Å². The molecule has 1 amide bonds. The van der Waals surface area contributed by atoms with Gasteiger partial charge in [-0.3, -0.25) is 14.6 Å². The summed E-state index contributed by atoms with van der Waals surface area (Å²) in [7, 11) is 0. The SMILES string of the molecule is C[C@@H]1CN(C(=O)c2cc3c(s2)C(=O)c2nccnc2C3O)C[C@H](C)O1. The molecule has 1 aliphatic heterocycles. The molecule has 25 heavy (non-hydrogen) atoms. The molecule has 130 valence electrons. The molecule has 0 aromatic carbocycles. The van der Waals surface area contributed by atoms with E-state index in [4.69, 9.17) is 4.74 Å². The lowest BCUT2D eigenvalue weighted by atomic mass is 9.95. The third-order valence-electron chi connectivity index (χ3n) is 4.38. The summed E-state index contributed by atoms with van der Waals surface area (Å²) in [5.74, 6) is -0.442. The molecular weight excluding hydrogens is 342 g/mol. The van der Waals surface area contributed by atoms with Crippen LogP contribution in [0.4, 0.5) is 0 Å². The molecule has 2 aromatic heterocycles. The lowest BCUT2D eigenvalue weighted by Crippen LogP contribution is -2.48. The molecule has 8 heteroatoms. The summed E-state index contributed by atoms with van der Waals surface area (Å²) in [5, 5.41) is 10.5. The summed E-state index contributed by atoms with van der Waals surface area (Å²) < 4.78 is 5.66. The number of thiophene rings is 1. The summed E-state index contributed by atoms with van der Waals surface area (Å²) in [6.07, 6.45) is 1.75. The van der Waals surface area contributed by atoms with Gasteiger partial charge in [0.1, 0.15) is 17.5 Å². The van der Waals surface area contributed by atoms with Crippen molar-refractivity contribution >= 4 is 23.0 Å². The van der Waals surface area contributed by atoms with Gasteiger partial charge in [-0.2, -0.15) is 0 Å². The maximum atomic E-state index is 12.9. The van der Waals surface area contributed by atoms with Crippen molar-refractivity contribution in [3.63, 3.8) is 0 Å². The van der Waals surface area contributed by atoms with Gasteiger partial charge in [-0.1, -0.05) is 0 Å². The Balaban J connectivity index is 1.68. The Kier molecular flexibility index (Phi) is 3.90. The Morgan fingerprint density at radius 3 is 2.68 bits per heavy atom. The number of aliphatic hydroxyl groups is 1. The molecule has 1 unspecified atom stereocenters. The van der Waals surface area contributed by atoms with Gasteiger partial charge in [0.2, 0.25) is 5.78 Å². The second kappa shape index (κ2) is 5.98. The molecule has 3 heterocycles. The van der Waals surface area contributed by atoms with Crippen molar-refractivity contribution in [1.82, 2.24) is 14.9 Å². The summed E-state index contributed by atoms with van der Waals surface area (Å²) in [5.41, 5.74) is 0.822. The molecular formula is C17H17N3O4S. The van der Waals surface area contributed by atoms with Gasteiger partial charge in [-0.05, 0) is 19.9 Å². The Hall–Kier alpha value is -2.16. The number of amides is 1. The van der Waals surface area contributed by atoms with E-state index in [9.17, 15) is 14.7 Å². The number of nitrogens with zero attached hydrogens (tertiary/aromatic N) is 3. The van der Waals surface area contributed by atoms with Crippen LogP contribution in [0.2, 0.25) is 0 Å². The number of carbonyl (C=O) groups excluding carboxylic acids is 2. The number of hydrogen-bond donors (Lipinski definition) is 1. The summed E-state index contributed by atoms with van der Waals surface area (Å²) >= 11 is 1.11. The van der Waals surface area contributed by atoms with E-state index in [1.165, 1.54) is 12.4 Å². The molecule has 1 N–H and O–H groups in total. The number of rotatable bonds is 1. The predicted molar refractivity (Wildman–Crippen MR) is 89.8 cm³/mol. The summed E-state index contributed by atoms with van der Waals surface area (Å²) in [6.45, 7) is 4.87. The standard InChI is InChI=1S/C17H17N3O4S/c1-8-6-20(7-9(2)24-8)17(23)11-5-10-14(21)12-13(19-4-3-18-12)15(22)16(10)25-11/h3-5,8-9,14,21H,6-7H2,1-2H3/t8-,9+,14?. The largest absolute Gasteiger partial charge is 0.382 e. The van der Waals surface area contributed by atoms with Gasteiger partial charge in [-0.25, -0.2) is 4.98 Å². The second-order valence-corrected chi connectivity index (χ2v) is 7.44. The first-order chi connectivity index (χ1) is 12.0. The first-order valence-corrected chi connectivity index (χ1v) is 8.89. The van der Waals surface area contributed by atoms with Crippen LogP contribution in [-0.2, 0) is 4.74 Å². The molecule has 1 aliphatic carbocycles. The molecule has 0 radical (unpaired) electrons. The van der Waals surface area contributed by atoms with Crippen LogP contribution in [0.1, 0.15) is 56.2 Å². The lowest BCUT2D eigenvalue weighted by molar-refractivity contribution is -0.0585. The van der Waals surface area contributed by atoms with E-state index in [0.717, 1.165) is 11.3 Å². The maximum absolute atomic E-state index is 12.9. The Morgan fingerprint density at radius 2 is 1.96 bits per heavy atom.